The normalized spacial score (nSPS) is 22.4. The summed E-state index contributed by atoms with van der Waals surface area (Å²) >= 11 is 1.86. The van der Waals surface area contributed by atoms with Gasteiger partial charge < -0.3 is 10.1 Å². The molecule has 0 aliphatic carbocycles. The van der Waals surface area contributed by atoms with Crippen molar-refractivity contribution in [3.63, 3.8) is 0 Å². The van der Waals surface area contributed by atoms with Gasteiger partial charge in [-0.15, -0.1) is 11.3 Å². The second kappa shape index (κ2) is 6.47. The zero-order chi connectivity index (χ0) is 14.7. The highest BCUT2D eigenvalue weighted by Gasteiger charge is 2.35. The maximum atomic E-state index is 5.74. The third kappa shape index (κ3) is 3.47. The monoisotopic (exact) mass is 303 g/mol. The largest absolute Gasteiger partial charge is 0.381 e. The zero-order valence-electron chi connectivity index (χ0n) is 13.0. The van der Waals surface area contributed by atoms with Gasteiger partial charge in [0.15, 0.2) is 0 Å². The molecule has 1 unspecified atom stereocenters. The molecule has 3 rings (SSSR count). The summed E-state index contributed by atoms with van der Waals surface area (Å²) in [6.07, 6.45) is 2.30. The molecule has 1 atom stereocenters. The van der Waals surface area contributed by atoms with Crippen molar-refractivity contribution < 1.29 is 4.74 Å². The molecule has 21 heavy (non-hydrogen) atoms. The summed E-state index contributed by atoms with van der Waals surface area (Å²) in [7, 11) is 0. The van der Waals surface area contributed by atoms with Crippen LogP contribution < -0.4 is 5.32 Å². The number of hydrogen-bond donors (Lipinski definition) is 1. The van der Waals surface area contributed by atoms with Gasteiger partial charge in [0.2, 0.25) is 0 Å². The number of fused-ring (bicyclic) bond motifs is 1. The number of ether oxygens (including phenoxy) is 1. The highest BCUT2D eigenvalue weighted by atomic mass is 32.1. The van der Waals surface area contributed by atoms with Crippen LogP contribution in [0.1, 0.15) is 25.8 Å². The van der Waals surface area contributed by atoms with E-state index in [9.17, 15) is 0 Å². The van der Waals surface area contributed by atoms with Crippen molar-refractivity contribution in [2.24, 2.45) is 11.3 Å². The SMILES string of the molecule is CC(C)CNCC1(Cc2csc3ccccc23)CCOC1. The second-order valence-electron chi connectivity index (χ2n) is 6.76. The molecule has 0 radical (unpaired) electrons. The fraction of sp³-hybridized carbons (Fsp3) is 0.556. The van der Waals surface area contributed by atoms with Gasteiger partial charge in [0, 0.05) is 23.3 Å². The molecule has 3 heteroatoms. The molecule has 0 saturated carbocycles. The maximum Gasteiger partial charge on any atom is 0.0538 e. The Labute approximate surface area is 131 Å². The minimum Gasteiger partial charge on any atom is -0.381 e. The van der Waals surface area contributed by atoms with Gasteiger partial charge in [0.05, 0.1) is 6.61 Å². The summed E-state index contributed by atoms with van der Waals surface area (Å²) in [4.78, 5) is 0. The van der Waals surface area contributed by atoms with Crippen LogP contribution in [0.5, 0.6) is 0 Å². The third-order valence-electron chi connectivity index (χ3n) is 4.36. The molecule has 1 aromatic heterocycles. The van der Waals surface area contributed by atoms with Gasteiger partial charge in [0.1, 0.15) is 0 Å². The molecule has 1 aromatic carbocycles. The highest BCUT2D eigenvalue weighted by molar-refractivity contribution is 7.17. The topological polar surface area (TPSA) is 21.3 Å². The van der Waals surface area contributed by atoms with Crippen LogP contribution in [-0.4, -0.2) is 26.3 Å². The Bertz CT molecular complexity index is 584. The number of rotatable bonds is 6. The lowest BCUT2D eigenvalue weighted by Gasteiger charge is -2.28. The Kier molecular flexibility index (Phi) is 4.63. The van der Waals surface area contributed by atoms with Crippen LogP contribution in [0, 0.1) is 11.3 Å². The van der Waals surface area contributed by atoms with E-state index in [2.05, 4.69) is 48.8 Å². The average Bonchev–Trinajstić information content (AvgIpc) is 3.07. The van der Waals surface area contributed by atoms with Gasteiger partial charge in [-0.2, -0.15) is 0 Å². The molecule has 1 fully saturated rings. The van der Waals surface area contributed by atoms with E-state index in [1.54, 1.807) is 0 Å². The lowest BCUT2D eigenvalue weighted by Crippen LogP contribution is -2.38. The molecular weight excluding hydrogens is 278 g/mol. The molecule has 1 N–H and O–H groups in total. The first kappa shape index (κ1) is 15.0. The van der Waals surface area contributed by atoms with Crippen molar-refractivity contribution in [3.05, 3.63) is 35.2 Å². The summed E-state index contributed by atoms with van der Waals surface area (Å²) in [6.45, 7) is 8.48. The lowest BCUT2D eigenvalue weighted by molar-refractivity contribution is 0.149. The van der Waals surface area contributed by atoms with E-state index >= 15 is 0 Å². The smallest absolute Gasteiger partial charge is 0.0538 e. The first-order valence-corrected chi connectivity index (χ1v) is 8.80. The second-order valence-corrected chi connectivity index (χ2v) is 7.67. The highest BCUT2D eigenvalue weighted by Crippen LogP contribution is 2.36. The van der Waals surface area contributed by atoms with Crippen LogP contribution in [0.3, 0.4) is 0 Å². The Hall–Kier alpha value is -0.900. The van der Waals surface area contributed by atoms with Crippen molar-refractivity contribution >= 4 is 21.4 Å². The summed E-state index contributed by atoms with van der Waals surface area (Å²) < 4.78 is 7.14. The molecule has 114 valence electrons. The van der Waals surface area contributed by atoms with E-state index in [0.717, 1.165) is 32.7 Å². The van der Waals surface area contributed by atoms with Crippen LogP contribution >= 0.6 is 11.3 Å². The molecule has 1 aliphatic rings. The van der Waals surface area contributed by atoms with Crippen LogP contribution in [0.25, 0.3) is 10.1 Å². The Morgan fingerprint density at radius 2 is 2.19 bits per heavy atom. The van der Waals surface area contributed by atoms with Crippen molar-refractivity contribution in [2.75, 3.05) is 26.3 Å². The molecule has 1 saturated heterocycles. The number of hydrogen-bond acceptors (Lipinski definition) is 3. The van der Waals surface area contributed by atoms with Crippen molar-refractivity contribution in [3.8, 4) is 0 Å². The van der Waals surface area contributed by atoms with Crippen LogP contribution in [0.4, 0.5) is 0 Å². The fourth-order valence-electron chi connectivity index (χ4n) is 3.19. The summed E-state index contributed by atoms with van der Waals surface area (Å²) in [5.74, 6) is 0.700. The standard InChI is InChI=1S/C18H25NOS/c1-14(2)10-19-12-18(7-8-20-13-18)9-15-11-21-17-6-4-3-5-16(15)17/h3-6,11,14,19H,7-10,12-13H2,1-2H3. The third-order valence-corrected chi connectivity index (χ3v) is 5.38. The summed E-state index contributed by atoms with van der Waals surface area (Å²) in [5, 5.41) is 7.42. The number of thiophene rings is 1. The summed E-state index contributed by atoms with van der Waals surface area (Å²) in [6, 6.07) is 8.75. The molecule has 0 bridgehead atoms. The van der Waals surface area contributed by atoms with Gasteiger partial charge in [-0.1, -0.05) is 32.0 Å². The van der Waals surface area contributed by atoms with Gasteiger partial charge >= 0.3 is 0 Å². The molecule has 2 aromatic rings. The van der Waals surface area contributed by atoms with Crippen molar-refractivity contribution in [1.29, 1.82) is 0 Å². The van der Waals surface area contributed by atoms with Gasteiger partial charge in [-0.3, -0.25) is 0 Å². The van der Waals surface area contributed by atoms with Crippen molar-refractivity contribution in [1.82, 2.24) is 5.32 Å². The van der Waals surface area contributed by atoms with E-state index in [1.807, 2.05) is 11.3 Å². The first-order valence-electron chi connectivity index (χ1n) is 7.92. The van der Waals surface area contributed by atoms with E-state index in [1.165, 1.54) is 22.1 Å². The minimum absolute atomic E-state index is 0.277. The average molecular weight is 303 g/mol. The molecule has 0 amide bonds. The predicted octanol–water partition coefficient (Wildman–Crippen LogP) is 4.10. The zero-order valence-corrected chi connectivity index (χ0v) is 13.8. The molecule has 1 aliphatic heterocycles. The first-order chi connectivity index (χ1) is 10.2. The Balaban J connectivity index is 1.75. The van der Waals surface area contributed by atoms with Crippen molar-refractivity contribution in [2.45, 2.75) is 26.7 Å². The van der Waals surface area contributed by atoms with Gasteiger partial charge in [0.25, 0.3) is 0 Å². The molecular formula is C18H25NOS. The van der Waals surface area contributed by atoms with E-state index in [0.29, 0.717) is 5.92 Å². The van der Waals surface area contributed by atoms with Gasteiger partial charge in [-0.25, -0.2) is 0 Å². The fourth-order valence-corrected chi connectivity index (χ4v) is 4.15. The molecule has 2 nitrogen and oxygen atoms in total. The predicted molar refractivity (Wildman–Crippen MR) is 91.1 cm³/mol. The maximum absolute atomic E-state index is 5.74. The lowest BCUT2D eigenvalue weighted by atomic mass is 9.80. The van der Waals surface area contributed by atoms with E-state index < -0.39 is 0 Å². The van der Waals surface area contributed by atoms with Crippen LogP contribution in [0.15, 0.2) is 29.6 Å². The van der Waals surface area contributed by atoms with Crippen LogP contribution in [-0.2, 0) is 11.2 Å². The minimum atomic E-state index is 0.277. The Morgan fingerprint density at radius 3 is 2.95 bits per heavy atom. The summed E-state index contributed by atoms with van der Waals surface area (Å²) in [5.41, 5.74) is 1.77. The number of benzene rings is 1. The number of nitrogens with one attached hydrogen (secondary N) is 1. The van der Waals surface area contributed by atoms with E-state index in [4.69, 9.17) is 4.74 Å². The van der Waals surface area contributed by atoms with E-state index in [-0.39, 0.29) is 5.41 Å². The van der Waals surface area contributed by atoms with Gasteiger partial charge in [-0.05, 0) is 47.7 Å². The van der Waals surface area contributed by atoms with Crippen LogP contribution in [0.2, 0.25) is 0 Å². The quantitative estimate of drug-likeness (QED) is 0.867. The molecule has 0 spiro atoms. The molecule has 2 heterocycles. The Morgan fingerprint density at radius 1 is 1.33 bits per heavy atom.